The Bertz CT molecular complexity index is 1410. The Labute approximate surface area is 198 Å². The second kappa shape index (κ2) is 9.44. The van der Waals surface area contributed by atoms with Crippen LogP contribution in [0.3, 0.4) is 0 Å². The average molecular weight is 483 g/mol. The predicted molar refractivity (Wildman–Crippen MR) is 129 cm³/mol. The number of piperidine rings is 1. The van der Waals surface area contributed by atoms with Crippen molar-refractivity contribution in [2.24, 2.45) is 7.05 Å². The molecule has 0 saturated carbocycles. The number of rotatable bonds is 6. The first-order valence-corrected chi connectivity index (χ1v) is 12.8. The lowest BCUT2D eigenvalue weighted by molar-refractivity contribution is -0.0280. The van der Waals surface area contributed by atoms with E-state index in [-0.39, 0.29) is 28.5 Å². The number of sulfone groups is 1. The molecule has 2 aromatic heterocycles. The highest BCUT2D eigenvalue weighted by molar-refractivity contribution is 7.90. The molecule has 3 aromatic rings. The highest BCUT2D eigenvalue weighted by atomic mass is 32.2. The molecule has 3 heterocycles. The fourth-order valence-corrected chi connectivity index (χ4v) is 4.80. The van der Waals surface area contributed by atoms with Crippen LogP contribution < -0.4 is 15.2 Å². The second-order valence-electron chi connectivity index (χ2n) is 8.20. The van der Waals surface area contributed by atoms with Crippen LogP contribution in [0.5, 0.6) is 5.75 Å². The number of ether oxygens (including phenoxy) is 2. The van der Waals surface area contributed by atoms with Gasteiger partial charge in [-0.05, 0) is 43.3 Å². The van der Waals surface area contributed by atoms with Crippen LogP contribution in [-0.4, -0.2) is 56.1 Å². The molecule has 1 aliphatic rings. The highest BCUT2D eigenvalue weighted by Crippen LogP contribution is 2.30. The van der Waals surface area contributed by atoms with Gasteiger partial charge in [0.2, 0.25) is 5.52 Å². The van der Waals surface area contributed by atoms with Crippen molar-refractivity contribution >= 4 is 32.4 Å². The van der Waals surface area contributed by atoms with Gasteiger partial charge >= 0.3 is 0 Å². The Balaban J connectivity index is 1.61. The zero-order valence-electron chi connectivity index (χ0n) is 19.3. The molecule has 0 radical (unpaired) electrons. The molecule has 4 rings (SSSR count). The third-order valence-electron chi connectivity index (χ3n) is 5.93. The van der Waals surface area contributed by atoms with E-state index in [2.05, 4.69) is 14.7 Å². The second-order valence-corrected chi connectivity index (χ2v) is 10.2. The molecule has 0 amide bonds. The third-order valence-corrected chi connectivity index (χ3v) is 7.06. The lowest BCUT2D eigenvalue weighted by Gasteiger charge is -2.39. The predicted octanol–water partition coefficient (Wildman–Crippen LogP) is 2.95. The summed E-state index contributed by atoms with van der Waals surface area (Å²) >= 11 is 0. The minimum Gasteiger partial charge on any atom is -0.488 e. The fourth-order valence-electron chi connectivity index (χ4n) is 4.17. The topological polar surface area (TPSA) is 95.1 Å². The van der Waals surface area contributed by atoms with Crippen LogP contribution in [0.2, 0.25) is 0 Å². The molecule has 34 heavy (non-hydrogen) atoms. The molecule has 0 aliphatic carbocycles. The van der Waals surface area contributed by atoms with Crippen molar-refractivity contribution in [2.75, 3.05) is 30.9 Å². The Morgan fingerprint density at radius 2 is 1.91 bits per heavy atom. The lowest BCUT2D eigenvalue weighted by Crippen LogP contribution is -2.50. The van der Waals surface area contributed by atoms with Gasteiger partial charge < -0.3 is 23.8 Å². The van der Waals surface area contributed by atoms with Crippen LogP contribution >= 0.6 is 0 Å². The lowest BCUT2D eigenvalue weighted by atomic mass is 10.0. The van der Waals surface area contributed by atoms with Gasteiger partial charge in [0.05, 0.1) is 16.1 Å². The summed E-state index contributed by atoms with van der Waals surface area (Å²) in [7, 11) is -1.59. The molecule has 1 aliphatic heterocycles. The van der Waals surface area contributed by atoms with Crippen LogP contribution in [0.1, 0.15) is 13.3 Å². The van der Waals surface area contributed by atoms with Gasteiger partial charge in [-0.25, -0.2) is 8.42 Å². The van der Waals surface area contributed by atoms with Crippen LogP contribution in [-0.2, 0) is 21.6 Å². The summed E-state index contributed by atoms with van der Waals surface area (Å²) in [5, 5.41) is 0. The van der Waals surface area contributed by atoms with Crippen molar-refractivity contribution in [3.63, 3.8) is 0 Å². The van der Waals surface area contributed by atoms with Gasteiger partial charge in [0.1, 0.15) is 18.0 Å². The maximum Gasteiger partial charge on any atom is 0.270 e. The first-order valence-electron chi connectivity index (χ1n) is 10.9. The monoisotopic (exact) mass is 482 g/mol. The number of fused-ring (bicyclic) bond motifs is 1. The zero-order chi connectivity index (χ0) is 24.5. The van der Waals surface area contributed by atoms with Crippen molar-refractivity contribution in [1.29, 1.82) is 0 Å². The van der Waals surface area contributed by atoms with Crippen molar-refractivity contribution in [3.8, 4) is 5.75 Å². The van der Waals surface area contributed by atoms with Gasteiger partial charge in [-0.2, -0.15) is 0 Å². The van der Waals surface area contributed by atoms with Crippen molar-refractivity contribution in [3.05, 3.63) is 64.2 Å². The number of benzene rings is 1. The fraction of sp³-hybridized carbons (Fsp3) is 0.375. The van der Waals surface area contributed by atoms with E-state index in [1.54, 1.807) is 37.4 Å². The summed E-state index contributed by atoms with van der Waals surface area (Å²) in [4.78, 5) is 22.8. The molecule has 0 spiro atoms. The van der Waals surface area contributed by atoms with E-state index in [4.69, 9.17) is 16.0 Å². The number of hydrogen-bond acceptors (Lipinski definition) is 7. The maximum absolute atomic E-state index is 12.6. The number of nitrogens with zero attached hydrogens (tertiary/aromatic N) is 4. The molecule has 0 N–H and O–H groups in total. The van der Waals surface area contributed by atoms with Crippen LogP contribution in [0, 0.1) is 6.57 Å². The molecule has 10 heteroatoms. The molecule has 2 atom stereocenters. The van der Waals surface area contributed by atoms with Crippen molar-refractivity contribution < 1.29 is 17.9 Å². The maximum atomic E-state index is 12.6. The SMILES string of the molecule is [C-]#[N+]c1ccc2c(n1)c(N1CC[C@H](Oc3ccc(S(C)(=O)=O)cc3)[C@@H](OCC)C1)cc(=O)n2C. The van der Waals surface area contributed by atoms with Gasteiger partial charge in [-0.15, -0.1) is 4.98 Å². The van der Waals surface area contributed by atoms with Gasteiger partial charge in [0.15, 0.2) is 9.84 Å². The highest BCUT2D eigenvalue weighted by Gasteiger charge is 2.33. The normalized spacial score (nSPS) is 18.6. The van der Waals surface area contributed by atoms with Gasteiger partial charge in [0.25, 0.3) is 11.4 Å². The van der Waals surface area contributed by atoms with E-state index in [1.165, 1.54) is 23.0 Å². The number of pyridine rings is 2. The standard InChI is InChI=1S/C24H26N4O5S/c1-5-32-21-15-28(13-12-20(21)33-16-6-8-17(9-7-16)34(4,30)31)19-14-23(29)27(3)18-10-11-22(25-2)26-24(18)19/h6-11,14,20-21H,5,12-13,15H2,1,3-4H3/t20-,21-/m0/s1. The molecule has 1 saturated heterocycles. The van der Waals surface area contributed by atoms with E-state index >= 15 is 0 Å². The summed E-state index contributed by atoms with van der Waals surface area (Å²) in [6, 6.07) is 11.3. The Hall–Kier alpha value is -3.42. The summed E-state index contributed by atoms with van der Waals surface area (Å²) in [5.74, 6) is 0.836. The minimum atomic E-state index is -3.28. The van der Waals surface area contributed by atoms with Gasteiger partial charge in [-0.3, -0.25) is 4.79 Å². The van der Waals surface area contributed by atoms with E-state index in [0.717, 1.165) is 0 Å². The van der Waals surface area contributed by atoms with E-state index in [9.17, 15) is 13.2 Å². The van der Waals surface area contributed by atoms with E-state index < -0.39 is 9.84 Å². The zero-order valence-corrected chi connectivity index (χ0v) is 20.1. The van der Waals surface area contributed by atoms with E-state index in [0.29, 0.717) is 48.6 Å². The molecule has 178 valence electrons. The number of anilines is 1. The van der Waals surface area contributed by atoms with Crippen LogP contribution in [0.25, 0.3) is 15.9 Å². The summed E-state index contributed by atoms with van der Waals surface area (Å²) in [6.45, 7) is 10.8. The molecule has 9 nitrogen and oxygen atoms in total. The Kier molecular flexibility index (Phi) is 6.59. The number of hydrogen-bond donors (Lipinski definition) is 0. The van der Waals surface area contributed by atoms with Crippen molar-refractivity contribution in [1.82, 2.24) is 9.55 Å². The average Bonchev–Trinajstić information content (AvgIpc) is 2.82. The van der Waals surface area contributed by atoms with Gasteiger partial charge in [0, 0.05) is 45.5 Å². The summed E-state index contributed by atoms with van der Waals surface area (Å²) < 4.78 is 37.1. The van der Waals surface area contributed by atoms with Gasteiger partial charge in [-0.1, -0.05) is 6.57 Å². The molecule has 0 unspecified atom stereocenters. The summed E-state index contributed by atoms with van der Waals surface area (Å²) in [6.07, 6.45) is 1.26. The Morgan fingerprint density at radius 3 is 2.56 bits per heavy atom. The Morgan fingerprint density at radius 1 is 1.18 bits per heavy atom. The largest absolute Gasteiger partial charge is 0.488 e. The van der Waals surface area contributed by atoms with Crippen molar-refractivity contribution in [2.45, 2.75) is 30.4 Å². The number of aromatic nitrogens is 2. The van der Waals surface area contributed by atoms with Crippen LogP contribution in [0.4, 0.5) is 11.5 Å². The van der Waals surface area contributed by atoms with E-state index in [1.807, 2.05) is 6.92 Å². The molecule has 1 aromatic carbocycles. The first kappa shape index (κ1) is 23.7. The minimum absolute atomic E-state index is 0.155. The number of aryl methyl sites for hydroxylation is 1. The summed E-state index contributed by atoms with van der Waals surface area (Å²) in [5.41, 5.74) is 1.77. The molecular formula is C24H26N4O5S. The third kappa shape index (κ3) is 4.76. The smallest absolute Gasteiger partial charge is 0.270 e. The first-order chi connectivity index (χ1) is 16.2. The van der Waals surface area contributed by atoms with Crippen LogP contribution in [0.15, 0.2) is 52.2 Å². The molecule has 1 fully saturated rings. The quantitative estimate of drug-likeness (QED) is 0.499. The molecule has 0 bridgehead atoms. The molecular weight excluding hydrogens is 456 g/mol.